The maximum Gasteiger partial charge on any atom is 0.235 e. The quantitative estimate of drug-likeness (QED) is 0.688. The van der Waals surface area contributed by atoms with E-state index in [2.05, 4.69) is 29.9 Å². The standard InChI is InChI=1S/C13H21N3O/c1-8-5-9(2)13(10(3)6-8)11(14)7-12(17)16-15-4/h5-6,11,15H,7,14H2,1-4H3,(H,16,17). The largest absolute Gasteiger partial charge is 0.324 e. The first-order chi connectivity index (χ1) is 7.95. The van der Waals surface area contributed by atoms with Crippen LogP contribution in [0.5, 0.6) is 0 Å². The monoisotopic (exact) mass is 235 g/mol. The van der Waals surface area contributed by atoms with Gasteiger partial charge in [0, 0.05) is 19.5 Å². The van der Waals surface area contributed by atoms with Gasteiger partial charge >= 0.3 is 0 Å². The lowest BCUT2D eigenvalue weighted by Crippen LogP contribution is -2.36. The molecule has 1 unspecified atom stereocenters. The molecular weight excluding hydrogens is 214 g/mol. The Balaban J connectivity index is 2.89. The Labute approximate surface area is 103 Å². The van der Waals surface area contributed by atoms with Crippen molar-refractivity contribution in [2.24, 2.45) is 5.73 Å². The number of carbonyl (C=O) groups is 1. The predicted octanol–water partition coefficient (Wildman–Crippen LogP) is 1.25. The molecule has 1 aromatic rings. The maximum atomic E-state index is 11.5. The Morgan fingerprint density at radius 2 is 1.82 bits per heavy atom. The minimum atomic E-state index is -0.260. The van der Waals surface area contributed by atoms with Gasteiger partial charge in [-0.3, -0.25) is 10.2 Å². The summed E-state index contributed by atoms with van der Waals surface area (Å²) in [4.78, 5) is 11.5. The number of aryl methyl sites for hydroxylation is 3. The first kappa shape index (κ1) is 13.7. The molecule has 1 atom stereocenters. The van der Waals surface area contributed by atoms with Crippen LogP contribution >= 0.6 is 0 Å². The number of amides is 1. The highest BCUT2D eigenvalue weighted by Crippen LogP contribution is 2.23. The Morgan fingerprint density at radius 1 is 1.29 bits per heavy atom. The molecule has 4 N–H and O–H groups in total. The summed E-state index contributed by atoms with van der Waals surface area (Å²) in [7, 11) is 1.66. The van der Waals surface area contributed by atoms with Crippen molar-refractivity contribution in [1.82, 2.24) is 10.9 Å². The molecule has 0 aliphatic heterocycles. The topological polar surface area (TPSA) is 67.1 Å². The zero-order valence-corrected chi connectivity index (χ0v) is 10.9. The lowest BCUT2D eigenvalue weighted by atomic mass is 9.93. The van der Waals surface area contributed by atoms with Crippen LogP contribution in [0.4, 0.5) is 0 Å². The number of hydrazine groups is 1. The first-order valence-electron chi connectivity index (χ1n) is 5.74. The highest BCUT2D eigenvalue weighted by atomic mass is 16.2. The average molecular weight is 235 g/mol. The summed E-state index contributed by atoms with van der Waals surface area (Å²) in [5.41, 5.74) is 15.8. The van der Waals surface area contributed by atoms with Gasteiger partial charge in [-0.2, -0.15) is 0 Å². The van der Waals surface area contributed by atoms with Crippen LogP contribution in [-0.2, 0) is 4.79 Å². The molecule has 0 bridgehead atoms. The predicted molar refractivity (Wildman–Crippen MR) is 69.4 cm³/mol. The van der Waals surface area contributed by atoms with Gasteiger partial charge < -0.3 is 5.73 Å². The second-order valence-electron chi connectivity index (χ2n) is 4.42. The number of rotatable bonds is 4. The van der Waals surface area contributed by atoms with E-state index in [1.54, 1.807) is 7.05 Å². The van der Waals surface area contributed by atoms with Crippen LogP contribution in [-0.4, -0.2) is 13.0 Å². The number of nitrogens with two attached hydrogens (primary N) is 1. The van der Waals surface area contributed by atoms with Crippen LogP contribution in [0.1, 0.15) is 34.7 Å². The molecule has 0 aromatic heterocycles. The van der Waals surface area contributed by atoms with E-state index >= 15 is 0 Å². The molecule has 0 saturated heterocycles. The lowest BCUT2D eigenvalue weighted by Gasteiger charge is -2.18. The highest BCUT2D eigenvalue weighted by molar-refractivity contribution is 5.76. The van der Waals surface area contributed by atoms with Crippen LogP contribution < -0.4 is 16.6 Å². The summed E-state index contributed by atoms with van der Waals surface area (Å²) in [6.45, 7) is 6.12. The molecule has 1 rings (SSSR count). The van der Waals surface area contributed by atoms with Crippen molar-refractivity contribution >= 4 is 5.91 Å². The van der Waals surface area contributed by atoms with Gasteiger partial charge in [0.1, 0.15) is 0 Å². The maximum absolute atomic E-state index is 11.5. The van der Waals surface area contributed by atoms with Crippen molar-refractivity contribution in [2.45, 2.75) is 33.2 Å². The van der Waals surface area contributed by atoms with E-state index < -0.39 is 0 Å². The molecule has 0 spiro atoms. The normalized spacial score (nSPS) is 12.3. The van der Waals surface area contributed by atoms with Crippen LogP contribution in [0.2, 0.25) is 0 Å². The van der Waals surface area contributed by atoms with E-state index in [1.807, 2.05) is 13.8 Å². The molecule has 17 heavy (non-hydrogen) atoms. The Bertz CT molecular complexity index is 392. The number of nitrogens with one attached hydrogen (secondary N) is 2. The van der Waals surface area contributed by atoms with Crippen molar-refractivity contribution < 1.29 is 4.79 Å². The van der Waals surface area contributed by atoms with Gasteiger partial charge in [0.25, 0.3) is 0 Å². The fourth-order valence-electron chi connectivity index (χ4n) is 2.27. The molecule has 0 fully saturated rings. The minimum Gasteiger partial charge on any atom is -0.324 e. The number of carbonyl (C=O) groups excluding carboxylic acids is 1. The van der Waals surface area contributed by atoms with Gasteiger partial charge in [-0.1, -0.05) is 17.7 Å². The van der Waals surface area contributed by atoms with Crippen molar-refractivity contribution in [3.05, 3.63) is 34.4 Å². The highest BCUT2D eigenvalue weighted by Gasteiger charge is 2.15. The van der Waals surface area contributed by atoms with Crippen LogP contribution in [0.3, 0.4) is 0 Å². The molecule has 4 heteroatoms. The van der Waals surface area contributed by atoms with Gasteiger partial charge in [-0.15, -0.1) is 0 Å². The third-order valence-corrected chi connectivity index (χ3v) is 2.78. The van der Waals surface area contributed by atoms with Crippen LogP contribution in [0.25, 0.3) is 0 Å². The van der Waals surface area contributed by atoms with Crippen LogP contribution in [0, 0.1) is 20.8 Å². The molecule has 0 aliphatic carbocycles. The Morgan fingerprint density at radius 3 is 2.29 bits per heavy atom. The van der Waals surface area contributed by atoms with Gasteiger partial charge in [0.05, 0.1) is 0 Å². The summed E-state index contributed by atoms with van der Waals surface area (Å²) in [5.74, 6) is -0.0978. The Hall–Kier alpha value is -1.39. The second kappa shape index (κ2) is 5.80. The van der Waals surface area contributed by atoms with E-state index in [0.717, 1.165) is 16.7 Å². The SMILES string of the molecule is CNNC(=O)CC(N)c1c(C)cc(C)cc1C. The molecule has 0 saturated carbocycles. The van der Waals surface area contributed by atoms with Gasteiger partial charge in [-0.05, 0) is 37.5 Å². The van der Waals surface area contributed by atoms with Crippen molar-refractivity contribution in [3.63, 3.8) is 0 Å². The van der Waals surface area contributed by atoms with Gasteiger partial charge in [0.2, 0.25) is 5.91 Å². The molecule has 94 valence electrons. The minimum absolute atomic E-state index is 0.0978. The average Bonchev–Trinajstić information content (AvgIpc) is 2.15. The molecular formula is C13H21N3O. The molecule has 1 aromatic carbocycles. The van der Waals surface area contributed by atoms with Gasteiger partial charge in [-0.25, -0.2) is 5.43 Å². The fraction of sp³-hybridized carbons (Fsp3) is 0.462. The lowest BCUT2D eigenvalue weighted by molar-refractivity contribution is -0.122. The Kier molecular flexibility index (Phi) is 4.66. The first-order valence-corrected chi connectivity index (χ1v) is 5.74. The summed E-state index contributed by atoms with van der Waals surface area (Å²) < 4.78 is 0. The van der Waals surface area contributed by atoms with E-state index in [1.165, 1.54) is 5.56 Å². The van der Waals surface area contributed by atoms with E-state index in [4.69, 9.17) is 5.73 Å². The number of benzene rings is 1. The molecule has 0 radical (unpaired) electrons. The third-order valence-electron chi connectivity index (χ3n) is 2.78. The van der Waals surface area contributed by atoms with E-state index in [-0.39, 0.29) is 18.4 Å². The number of hydrogen-bond acceptors (Lipinski definition) is 3. The van der Waals surface area contributed by atoms with Crippen LogP contribution in [0.15, 0.2) is 12.1 Å². The van der Waals surface area contributed by atoms with Crippen molar-refractivity contribution in [3.8, 4) is 0 Å². The zero-order chi connectivity index (χ0) is 13.0. The summed E-state index contributed by atoms with van der Waals surface area (Å²) in [6, 6.07) is 3.93. The third kappa shape index (κ3) is 3.54. The fourth-order valence-corrected chi connectivity index (χ4v) is 2.27. The van der Waals surface area contributed by atoms with Crippen molar-refractivity contribution in [1.29, 1.82) is 0 Å². The molecule has 0 heterocycles. The summed E-state index contributed by atoms with van der Waals surface area (Å²) >= 11 is 0. The van der Waals surface area contributed by atoms with E-state index in [0.29, 0.717) is 0 Å². The van der Waals surface area contributed by atoms with Crippen molar-refractivity contribution in [2.75, 3.05) is 7.05 Å². The summed E-state index contributed by atoms with van der Waals surface area (Å²) in [5, 5.41) is 0. The summed E-state index contributed by atoms with van der Waals surface area (Å²) in [6.07, 6.45) is 0.283. The zero-order valence-electron chi connectivity index (χ0n) is 10.9. The van der Waals surface area contributed by atoms with E-state index in [9.17, 15) is 4.79 Å². The van der Waals surface area contributed by atoms with Gasteiger partial charge in [0.15, 0.2) is 0 Å². The smallest absolute Gasteiger partial charge is 0.235 e. The second-order valence-corrected chi connectivity index (χ2v) is 4.42. The molecule has 1 amide bonds. The molecule has 4 nitrogen and oxygen atoms in total. The molecule has 0 aliphatic rings. The number of hydrogen-bond donors (Lipinski definition) is 3.